The summed E-state index contributed by atoms with van der Waals surface area (Å²) in [6, 6.07) is 0. The summed E-state index contributed by atoms with van der Waals surface area (Å²) >= 11 is 0. The molecule has 0 saturated heterocycles. The first-order valence-electron chi connectivity index (χ1n) is 5.25. The number of carbonyl (C=O) groups is 2. The molecular weight excluding hydrogens is 180 g/mol. The summed E-state index contributed by atoms with van der Waals surface area (Å²) in [5.41, 5.74) is 0. The van der Waals surface area contributed by atoms with Crippen LogP contribution in [0.5, 0.6) is 0 Å². The van der Waals surface area contributed by atoms with Crippen molar-refractivity contribution in [1.82, 2.24) is 0 Å². The molecular formula is C11H20O3. The van der Waals surface area contributed by atoms with Crippen molar-refractivity contribution < 1.29 is 14.3 Å². The fraction of sp³-hybridized carbons (Fsp3) is 0.818. The molecule has 0 aliphatic rings. The summed E-state index contributed by atoms with van der Waals surface area (Å²) in [7, 11) is 0. The molecule has 0 bridgehead atoms. The molecule has 14 heavy (non-hydrogen) atoms. The maximum absolute atomic E-state index is 11.0. The van der Waals surface area contributed by atoms with E-state index in [1.165, 1.54) is 6.92 Å². The lowest BCUT2D eigenvalue weighted by Gasteiger charge is -2.13. The number of hydrogen-bond donors (Lipinski definition) is 0. The molecule has 0 spiro atoms. The Morgan fingerprint density at radius 2 is 1.93 bits per heavy atom. The van der Waals surface area contributed by atoms with Crippen molar-refractivity contribution in [3.63, 3.8) is 0 Å². The quantitative estimate of drug-likeness (QED) is 0.468. The van der Waals surface area contributed by atoms with E-state index in [1.54, 1.807) is 0 Å². The molecule has 1 unspecified atom stereocenters. The van der Waals surface area contributed by atoms with Gasteiger partial charge in [-0.2, -0.15) is 0 Å². The van der Waals surface area contributed by atoms with Gasteiger partial charge in [-0.15, -0.1) is 0 Å². The first-order chi connectivity index (χ1) is 6.60. The van der Waals surface area contributed by atoms with Crippen LogP contribution in [-0.2, 0) is 14.3 Å². The van der Waals surface area contributed by atoms with Crippen molar-refractivity contribution in [3.05, 3.63) is 0 Å². The van der Waals surface area contributed by atoms with Crippen molar-refractivity contribution in [1.29, 1.82) is 0 Å². The molecule has 0 rings (SSSR count). The molecule has 0 saturated carbocycles. The predicted molar refractivity (Wildman–Crippen MR) is 54.9 cm³/mol. The monoisotopic (exact) mass is 200 g/mol. The lowest BCUT2D eigenvalue weighted by atomic mass is 10.0. The Morgan fingerprint density at radius 3 is 2.36 bits per heavy atom. The van der Waals surface area contributed by atoms with Gasteiger partial charge in [0, 0.05) is 0 Å². The van der Waals surface area contributed by atoms with Crippen LogP contribution in [0.1, 0.15) is 46.5 Å². The van der Waals surface area contributed by atoms with Gasteiger partial charge in [-0.3, -0.25) is 9.59 Å². The molecule has 0 aliphatic heterocycles. The third kappa shape index (κ3) is 6.63. The van der Waals surface area contributed by atoms with Crippen LogP contribution in [0.15, 0.2) is 0 Å². The Bertz CT molecular complexity index is 187. The van der Waals surface area contributed by atoms with Crippen LogP contribution < -0.4 is 0 Å². The van der Waals surface area contributed by atoms with Gasteiger partial charge in [-0.05, 0) is 19.3 Å². The molecule has 1 atom stereocenters. The summed E-state index contributed by atoms with van der Waals surface area (Å²) in [6.07, 6.45) is 3.09. The van der Waals surface area contributed by atoms with E-state index in [0.717, 1.165) is 19.3 Å². The third-order valence-electron chi connectivity index (χ3n) is 2.15. The summed E-state index contributed by atoms with van der Waals surface area (Å²) in [4.78, 5) is 21.6. The molecule has 0 N–H and O–H groups in total. The van der Waals surface area contributed by atoms with Crippen LogP contribution in [0.3, 0.4) is 0 Å². The fourth-order valence-electron chi connectivity index (χ4n) is 1.28. The normalized spacial score (nSPS) is 12.2. The molecule has 0 radical (unpaired) electrons. The lowest BCUT2D eigenvalue weighted by Crippen LogP contribution is -2.15. The van der Waals surface area contributed by atoms with Crippen molar-refractivity contribution in [2.24, 2.45) is 5.92 Å². The van der Waals surface area contributed by atoms with E-state index in [1.807, 2.05) is 0 Å². The average molecular weight is 200 g/mol. The van der Waals surface area contributed by atoms with Crippen LogP contribution in [0.4, 0.5) is 0 Å². The Balaban J connectivity index is 3.67. The molecule has 0 aromatic heterocycles. The second-order valence-corrected chi connectivity index (χ2v) is 3.62. The SMILES string of the molecule is CCCC(CC)COC(=O)CC(C)=O. The largest absolute Gasteiger partial charge is 0.465 e. The zero-order valence-corrected chi connectivity index (χ0v) is 9.34. The third-order valence-corrected chi connectivity index (χ3v) is 2.15. The number of rotatable bonds is 7. The van der Waals surface area contributed by atoms with Gasteiger partial charge in [0.05, 0.1) is 6.61 Å². The molecule has 3 heteroatoms. The molecule has 0 heterocycles. The number of esters is 1. The molecule has 0 amide bonds. The number of ketones is 1. The van der Waals surface area contributed by atoms with Crippen molar-refractivity contribution in [3.8, 4) is 0 Å². The first-order valence-corrected chi connectivity index (χ1v) is 5.25. The summed E-state index contributed by atoms with van der Waals surface area (Å²) in [5, 5.41) is 0. The molecule has 82 valence electrons. The van der Waals surface area contributed by atoms with Gasteiger partial charge in [0.25, 0.3) is 0 Å². The topological polar surface area (TPSA) is 43.4 Å². The van der Waals surface area contributed by atoms with Crippen molar-refractivity contribution >= 4 is 11.8 Å². The second kappa shape index (κ2) is 7.54. The van der Waals surface area contributed by atoms with E-state index in [-0.39, 0.29) is 12.2 Å². The highest BCUT2D eigenvalue weighted by molar-refractivity contribution is 5.94. The Hall–Kier alpha value is -0.860. The molecule has 0 aromatic rings. The Morgan fingerprint density at radius 1 is 1.29 bits per heavy atom. The smallest absolute Gasteiger partial charge is 0.313 e. The average Bonchev–Trinajstić information content (AvgIpc) is 2.11. The van der Waals surface area contributed by atoms with E-state index in [2.05, 4.69) is 13.8 Å². The van der Waals surface area contributed by atoms with Gasteiger partial charge >= 0.3 is 5.97 Å². The van der Waals surface area contributed by atoms with Crippen molar-refractivity contribution in [2.45, 2.75) is 46.5 Å². The van der Waals surface area contributed by atoms with Crippen molar-refractivity contribution in [2.75, 3.05) is 6.61 Å². The minimum absolute atomic E-state index is 0.0947. The zero-order chi connectivity index (χ0) is 11.0. The molecule has 3 nitrogen and oxygen atoms in total. The van der Waals surface area contributed by atoms with Gasteiger partial charge in [-0.25, -0.2) is 0 Å². The highest BCUT2D eigenvalue weighted by atomic mass is 16.5. The van der Waals surface area contributed by atoms with Crippen LogP contribution in [0, 0.1) is 5.92 Å². The van der Waals surface area contributed by atoms with Gasteiger partial charge in [0.15, 0.2) is 0 Å². The summed E-state index contributed by atoms with van der Waals surface area (Å²) in [5.74, 6) is -0.0958. The lowest BCUT2D eigenvalue weighted by molar-refractivity contribution is -0.147. The van der Waals surface area contributed by atoms with Gasteiger partial charge < -0.3 is 4.74 Å². The highest BCUT2D eigenvalue weighted by Crippen LogP contribution is 2.11. The van der Waals surface area contributed by atoms with Gasteiger partial charge in [0.1, 0.15) is 12.2 Å². The minimum Gasteiger partial charge on any atom is -0.465 e. The predicted octanol–water partition coefficient (Wildman–Crippen LogP) is 2.33. The summed E-state index contributed by atoms with van der Waals surface area (Å²) in [6.45, 7) is 6.04. The van der Waals surface area contributed by atoms with E-state index in [0.29, 0.717) is 12.5 Å². The molecule has 0 aromatic carbocycles. The summed E-state index contributed by atoms with van der Waals surface area (Å²) < 4.78 is 5.00. The maximum atomic E-state index is 11.0. The highest BCUT2D eigenvalue weighted by Gasteiger charge is 2.10. The minimum atomic E-state index is -0.396. The van der Waals surface area contributed by atoms with Gasteiger partial charge in [-0.1, -0.05) is 26.7 Å². The second-order valence-electron chi connectivity index (χ2n) is 3.62. The van der Waals surface area contributed by atoms with E-state index < -0.39 is 5.97 Å². The van der Waals surface area contributed by atoms with Gasteiger partial charge in [0.2, 0.25) is 0 Å². The standard InChI is InChI=1S/C11H20O3/c1-4-6-10(5-2)8-14-11(13)7-9(3)12/h10H,4-8H2,1-3H3. The first kappa shape index (κ1) is 13.1. The van der Waals surface area contributed by atoms with E-state index >= 15 is 0 Å². The Kier molecular flexibility index (Phi) is 7.07. The molecule has 0 fully saturated rings. The van der Waals surface area contributed by atoms with Crippen LogP contribution in [0.25, 0.3) is 0 Å². The number of Topliss-reactive ketones (excluding diaryl/α,β-unsaturated/α-hetero) is 1. The van der Waals surface area contributed by atoms with E-state index in [4.69, 9.17) is 4.74 Å². The number of ether oxygens (including phenoxy) is 1. The number of hydrogen-bond acceptors (Lipinski definition) is 3. The number of carbonyl (C=O) groups excluding carboxylic acids is 2. The molecule has 0 aliphatic carbocycles. The maximum Gasteiger partial charge on any atom is 0.313 e. The van der Waals surface area contributed by atoms with Crippen LogP contribution >= 0.6 is 0 Å². The van der Waals surface area contributed by atoms with E-state index in [9.17, 15) is 9.59 Å². The van der Waals surface area contributed by atoms with Crippen LogP contribution in [0.2, 0.25) is 0 Å². The fourth-order valence-corrected chi connectivity index (χ4v) is 1.28. The van der Waals surface area contributed by atoms with Crippen LogP contribution in [-0.4, -0.2) is 18.4 Å². The Labute approximate surface area is 85.8 Å². The zero-order valence-electron chi connectivity index (χ0n) is 9.34.